The Labute approximate surface area is 157 Å². The highest BCUT2D eigenvalue weighted by molar-refractivity contribution is 6.31. The van der Waals surface area contributed by atoms with Crippen molar-refractivity contribution < 1.29 is 19.4 Å². The Balaban J connectivity index is 1.44. The summed E-state index contributed by atoms with van der Waals surface area (Å²) in [5.41, 5.74) is 0.307. The predicted octanol–water partition coefficient (Wildman–Crippen LogP) is 2.44. The minimum Gasteiger partial charge on any atom is -0.506 e. The molecule has 2 saturated heterocycles. The molecule has 2 fully saturated rings. The molecule has 3 amide bonds. The van der Waals surface area contributed by atoms with Crippen LogP contribution in [0, 0.1) is 11.8 Å². The van der Waals surface area contributed by atoms with Crippen LogP contribution < -0.4 is 10.6 Å². The molecule has 3 N–H and O–H groups in total. The van der Waals surface area contributed by atoms with Crippen molar-refractivity contribution >= 4 is 29.2 Å². The van der Waals surface area contributed by atoms with Gasteiger partial charge in [0.2, 0.25) is 5.91 Å². The first-order valence-electron chi connectivity index (χ1n) is 8.93. The van der Waals surface area contributed by atoms with Gasteiger partial charge in [0.05, 0.1) is 12.3 Å². The monoisotopic (exact) mass is 381 g/mol. The maximum absolute atomic E-state index is 12.4. The molecule has 2 aliphatic rings. The molecule has 3 rings (SSSR count). The molecule has 0 spiro atoms. The van der Waals surface area contributed by atoms with E-state index < -0.39 is 0 Å². The normalized spacial score (nSPS) is 20.8. The van der Waals surface area contributed by atoms with E-state index >= 15 is 0 Å². The number of aromatic hydroxyl groups is 1. The van der Waals surface area contributed by atoms with Gasteiger partial charge in [-0.15, -0.1) is 0 Å². The van der Waals surface area contributed by atoms with E-state index in [2.05, 4.69) is 10.6 Å². The number of nitrogens with one attached hydrogen (secondary N) is 2. The van der Waals surface area contributed by atoms with Gasteiger partial charge in [0.15, 0.2) is 0 Å². The molecule has 0 radical (unpaired) electrons. The van der Waals surface area contributed by atoms with Crippen LogP contribution in [-0.2, 0) is 9.53 Å². The number of nitrogens with zero attached hydrogens (tertiary/aromatic N) is 1. The van der Waals surface area contributed by atoms with Crippen LogP contribution in [0.4, 0.5) is 10.5 Å². The summed E-state index contributed by atoms with van der Waals surface area (Å²) in [6, 6.07) is 4.44. The number of urea groups is 1. The number of hydrogen-bond acceptors (Lipinski definition) is 4. The van der Waals surface area contributed by atoms with Gasteiger partial charge in [0.1, 0.15) is 5.75 Å². The van der Waals surface area contributed by atoms with Gasteiger partial charge in [0, 0.05) is 43.1 Å². The van der Waals surface area contributed by atoms with E-state index in [0.717, 1.165) is 13.0 Å². The van der Waals surface area contributed by atoms with E-state index in [4.69, 9.17) is 16.3 Å². The smallest absolute Gasteiger partial charge is 0.317 e. The predicted molar refractivity (Wildman–Crippen MR) is 98.4 cm³/mol. The van der Waals surface area contributed by atoms with Crippen molar-refractivity contribution in [1.82, 2.24) is 10.2 Å². The molecule has 26 heavy (non-hydrogen) atoms. The number of hydrogen-bond donors (Lipinski definition) is 3. The summed E-state index contributed by atoms with van der Waals surface area (Å²) >= 11 is 5.90. The Morgan fingerprint density at radius 1 is 1.27 bits per heavy atom. The van der Waals surface area contributed by atoms with Gasteiger partial charge < -0.3 is 25.4 Å². The molecule has 142 valence electrons. The van der Waals surface area contributed by atoms with E-state index in [0.29, 0.717) is 55.7 Å². The molecule has 2 heterocycles. The molecular weight excluding hydrogens is 358 g/mol. The van der Waals surface area contributed by atoms with Gasteiger partial charge in [-0.05, 0) is 37.5 Å². The number of carbonyl (C=O) groups excluding carboxylic acids is 2. The van der Waals surface area contributed by atoms with Crippen LogP contribution in [0.15, 0.2) is 18.2 Å². The van der Waals surface area contributed by atoms with Crippen LogP contribution in [0.25, 0.3) is 0 Å². The number of carbonyl (C=O) groups is 2. The number of benzene rings is 1. The lowest BCUT2D eigenvalue weighted by molar-refractivity contribution is -0.121. The number of amides is 3. The fourth-order valence-corrected chi connectivity index (χ4v) is 3.45. The lowest BCUT2D eigenvalue weighted by Gasteiger charge is -2.31. The number of likely N-dealkylation sites (tertiary alicyclic amines) is 1. The zero-order valence-corrected chi connectivity index (χ0v) is 15.3. The second kappa shape index (κ2) is 8.60. The summed E-state index contributed by atoms with van der Waals surface area (Å²) in [7, 11) is 0. The van der Waals surface area contributed by atoms with E-state index in [1.165, 1.54) is 12.1 Å². The minimum absolute atomic E-state index is 0.0181. The molecule has 2 aliphatic heterocycles. The Hall–Kier alpha value is -1.99. The maximum atomic E-state index is 12.4. The van der Waals surface area contributed by atoms with Gasteiger partial charge in [-0.1, -0.05) is 11.6 Å². The number of piperidine rings is 1. The third-order valence-corrected chi connectivity index (χ3v) is 5.17. The van der Waals surface area contributed by atoms with Crippen LogP contribution in [0.2, 0.25) is 5.02 Å². The molecule has 1 unspecified atom stereocenters. The van der Waals surface area contributed by atoms with Crippen molar-refractivity contribution in [1.29, 1.82) is 0 Å². The van der Waals surface area contributed by atoms with E-state index in [1.54, 1.807) is 11.0 Å². The minimum atomic E-state index is -0.194. The Morgan fingerprint density at radius 3 is 2.73 bits per heavy atom. The summed E-state index contributed by atoms with van der Waals surface area (Å²) in [5, 5.41) is 15.9. The second-order valence-corrected chi connectivity index (χ2v) is 7.26. The number of ether oxygens (including phenoxy) is 1. The topological polar surface area (TPSA) is 90.9 Å². The highest BCUT2D eigenvalue weighted by atomic mass is 35.5. The average molecular weight is 382 g/mol. The van der Waals surface area contributed by atoms with Crippen molar-refractivity contribution in [3.8, 4) is 5.75 Å². The molecule has 1 atom stereocenters. The average Bonchev–Trinajstić information content (AvgIpc) is 3.16. The van der Waals surface area contributed by atoms with Crippen molar-refractivity contribution in [2.24, 2.45) is 11.8 Å². The Kier molecular flexibility index (Phi) is 6.21. The molecule has 0 bridgehead atoms. The zero-order valence-electron chi connectivity index (χ0n) is 14.5. The summed E-state index contributed by atoms with van der Waals surface area (Å²) < 4.78 is 5.30. The first kappa shape index (κ1) is 18.8. The maximum Gasteiger partial charge on any atom is 0.317 e. The summed E-state index contributed by atoms with van der Waals surface area (Å²) in [6.45, 7) is 3.18. The third-order valence-electron chi connectivity index (χ3n) is 4.94. The standard InChI is InChI=1S/C18H24ClN3O4/c19-14-1-2-16(23)15(9-14)21-17(24)13-3-6-22(7-4-13)18(25)20-10-12-5-8-26-11-12/h1-2,9,12-13,23H,3-8,10-11H2,(H,20,25)(H,21,24). The van der Waals surface area contributed by atoms with E-state index in [1.807, 2.05) is 0 Å². The molecule has 0 aliphatic carbocycles. The lowest BCUT2D eigenvalue weighted by Crippen LogP contribution is -2.47. The molecule has 8 heteroatoms. The highest BCUT2D eigenvalue weighted by Gasteiger charge is 2.28. The Morgan fingerprint density at radius 2 is 2.04 bits per heavy atom. The van der Waals surface area contributed by atoms with Crippen LogP contribution in [0.5, 0.6) is 5.75 Å². The zero-order chi connectivity index (χ0) is 18.5. The first-order valence-corrected chi connectivity index (χ1v) is 9.30. The van der Waals surface area contributed by atoms with Gasteiger partial charge in [-0.2, -0.15) is 0 Å². The van der Waals surface area contributed by atoms with Gasteiger partial charge in [-0.25, -0.2) is 4.79 Å². The van der Waals surface area contributed by atoms with Crippen molar-refractivity contribution in [2.45, 2.75) is 19.3 Å². The molecule has 0 saturated carbocycles. The third kappa shape index (κ3) is 4.80. The molecular formula is C18H24ClN3O4. The van der Waals surface area contributed by atoms with Gasteiger partial charge >= 0.3 is 6.03 Å². The quantitative estimate of drug-likeness (QED) is 0.698. The van der Waals surface area contributed by atoms with Crippen molar-refractivity contribution in [3.63, 3.8) is 0 Å². The van der Waals surface area contributed by atoms with Gasteiger partial charge in [-0.3, -0.25) is 4.79 Å². The number of phenols is 1. The molecule has 7 nitrogen and oxygen atoms in total. The van der Waals surface area contributed by atoms with Gasteiger partial charge in [0.25, 0.3) is 0 Å². The Bertz CT molecular complexity index is 656. The molecule has 1 aromatic rings. The second-order valence-electron chi connectivity index (χ2n) is 6.83. The lowest BCUT2D eigenvalue weighted by atomic mass is 9.96. The first-order chi connectivity index (χ1) is 12.5. The number of phenolic OH excluding ortho intramolecular Hbond substituents is 1. The van der Waals surface area contributed by atoms with E-state index in [9.17, 15) is 14.7 Å². The number of rotatable bonds is 4. The largest absolute Gasteiger partial charge is 0.506 e. The summed E-state index contributed by atoms with van der Waals surface area (Å²) in [4.78, 5) is 26.4. The number of anilines is 1. The fraction of sp³-hybridized carbons (Fsp3) is 0.556. The molecule has 0 aromatic heterocycles. The van der Waals surface area contributed by atoms with Crippen LogP contribution in [0.1, 0.15) is 19.3 Å². The molecule has 1 aromatic carbocycles. The summed E-state index contributed by atoms with van der Waals surface area (Å²) in [6.07, 6.45) is 2.17. The highest BCUT2D eigenvalue weighted by Crippen LogP contribution is 2.28. The van der Waals surface area contributed by atoms with Crippen LogP contribution in [-0.4, -0.2) is 54.8 Å². The number of halogens is 1. The van der Waals surface area contributed by atoms with Crippen molar-refractivity contribution in [3.05, 3.63) is 23.2 Å². The SMILES string of the molecule is O=C(Nc1cc(Cl)ccc1O)C1CCN(C(=O)NCC2CCOC2)CC1. The fourth-order valence-electron chi connectivity index (χ4n) is 3.28. The van der Waals surface area contributed by atoms with Crippen LogP contribution in [0.3, 0.4) is 0 Å². The van der Waals surface area contributed by atoms with Crippen molar-refractivity contribution in [2.75, 3.05) is 38.2 Å². The van der Waals surface area contributed by atoms with E-state index in [-0.39, 0.29) is 23.6 Å². The van der Waals surface area contributed by atoms with Crippen LogP contribution >= 0.6 is 11.6 Å². The summed E-state index contributed by atoms with van der Waals surface area (Å²) in [5.74, 6) is 0.0227.